The number of hydrogen-bond donors (Lipinski definition) is 0. The minimum Gasteiger partial charge on any atom is -0.293 e. The van der Waals surface area contributed by atoms with Gasteiger partial charge < -0.3 is 0 Å². The molecule has 0 aliphatic rings. The van der Waals surface area contributed by atoms with Gasteiger partial charge in [0, 0.05) is 12.8 Å². The highest BCUT2D eigenvalue weighted by Crippen LogP contribution is 1.99. The third-order valence-electron chi connectivity index (χ3n) is 1.88. The molecule has 1 rings (SSSR count). The lowest BCUT2D eigenvalue weighted by molar-refractivity contribution is 0.597. The van der Waals surface area contributed by atoms with Crippen molar-refractivity contribution in [1.82, 2.24) is 0 Å². The van der Waals surface area contributed by atoms with Crippen molar-refractivity contribution in [3.63, 3.8) is 0 Å². The topological polar surface area (TPSA) is 12.4 Å². The third-order valence-corrected chi connectivity index (χ3v) is 1.88. The van der Waals surface area contributed by atoms with E-state index >= 15 is 0 Å². The van der Waals surface area contributed by atoms with Crippen molar-refractivity contribution in [3.05, 3.63) is 35.9 Å². The van der Waals surface area contributed by atoms with Crippen LogP contribution in [-0.4, -0.2) is 12.8 Å². The van der Waals surface area contributed by atoms with E-state index in [9.17, 15) is 0 Å². The molecule has 70 valence electrons. The number of aliphatic imine (C=N–C) groups is 1. The Kier molecular flexibility index (Phi) is 4.24. The number of nitrogens with zero attached hydrogens (tertiary/aromatic N) is 1. The molecule has 0 spiro atoms. The lowest BCUT2D eigenvalue weighted by Crippen LogP contribution is -1.91. The molecule has 0 saturated heterocycles. The molecule has 0 fully saturated rings. The van der Waals surface area contributed by atoms with Crippen molar-refractivity contribution in [2.24, 2.45) is 10.9 Å². The third kappa shape index (κ3) is 4.46. The summed E-state index contributed by atoms with van der Waals surface area (Å²) in [6, 6.07) is 10.2. The van der Waals surface area contributed by atoms with Crippen molar-refractivity contribution in [1.29, 1.82) is 0 Å². The molecule has 0 heterocycles. The molecule has 0 aliphatic heterocycles. The average molecular weight is 175 g/mol. The van der Waals surface area contributed by atoms with Crippen LogP contribution in [0.15, 0.2) is 35.3 Å². The summed E-state index contributed by atoms with van der Waals surface area (Å²) in [4.78, 5) is 4.36. The van der Waals surface area contributed by atoms with Gasteiger partial charge in [0.2, 0.25) is 0 Å². The van der Waals surface area contributed by atoms with Crippen LogP contribution in [0.5, 0.6) is 0 Å². The van der Waals surface area contributed by atoms with Crippen molar-refractivity contribution in [2.75, 3.05) is 6.54 Å². The van der Waals surface area contributed by atoms with Crippen LogP contribution in [0.2, 0.25) is 0 Å². The highest BCUT2D eigenvalue weighted by Gasteiger charge is 1.90. The van der Waals surface area contributed by atoms with Crippen molar-refractivity contribution >= 4 is 6.21 Å². The second kappa shape index (κ2) is 5.52. The standard InChI is InChI=1S/C12H17N/c1-11(2)8-9-13-10-12-6-4-3-5-7-12/h3-7,10-11H,8-9H2,1-2H3. The molecule has 13 heavy (non-hydrogen) atoms. The van der Waals surface area contributed by atoms with Crippen LogP contribution >= 0.6 is 0 Å². The largest absolute Gasteiger partial charge is 0.293 e. The van der Waals surface area contributed by atoms with Gasteiger partial charge in [-0.05, 0) is 17.9 Å². The minimum atomic E-state index is 0.743. The zero-order valence-corrected chi connectivity index (χ0v) is 8.40. The SMILES string of the molecule is CC(C)CCN=Cc1ccccc1. The van der Waals surface area contributed by atoms with E-state index in [1.807, 2.05) is 24.4 Å². The molecule has 0 amide bonds. The molecule has 0 atom stereocenters. The fourth-order valence-electron chi connectivity index (χ4n) is 1.04. The maximum absolute atomic E-state index is 4.36. The van der Waals surface area contributed by atoms with E-state index in [0.29, 0.717) is 0 Å². The second-order valence-electron chi connectivity index (χ2n) is 3.63. The van der Waals surface area contributed by atoms with Crippen molar-refractivity contribution < 1.29 is 0 Å². The van der Waals surface area contributed by atoms with Crippen LogP contribution in [-0.2, 0) is 0 Å². The molecule has 0 aromatic heterocycles. The Morgan fingerprint density at radius 1 is 1.23 bits per heavy atom. The van der Waals surface area contributed by atoms with Crippen LogP contribution in [0, 0.1) is 5.92 Å². The predicted octanol–water partition coefficient (Wildman–Crippen LogP) is 3.15. The number of hydrogen-bond acceptors (Lipinski definition) is 1. The summed E-state index contributed by atoms with van der Waals surface area (Å²) in [5.74, 6) is 0.743. The highest BCUT2D eigenvalue weighted by molar-refractivity contribution is 5.79. The molecule has 0 unspecified atom stereocenters. The van der Waals surface area contributed by atoms with Gasteiger partial charge in [0.15, 0.2) is 0 Å². The summed E-state index contributed by atoms with van der Waals surface area (Å²) in [5, 5.41) is 0. The molecule has 0 radical (unpaired) electrons. The Bertz CT molecular complexity index is 249. The molecule has 0 aliphatic carbocycles. The van der Waals surface area contributed by atoms with Gasteiger partial charge in [-0.25, -0.2) is 0 Å². The van der Waals surface area contributed by atoms with E-state index < -0.39 is 0 Å². The maximum Gasteiger partial charge on any atom is 0.0391 e. The van der Waals surface area contributed by atoms with Gasteiger partial charge in [-0.1, -0.05) is 44.2 Å². The minimum absolute atomic E-state index is 0.743. The summed E-state index contributed by atoms with van der Waals surface area (Å²) >= 11 is 0. The second-order valence-corrected chi connectivity index (χ2v) is 3.63. The van der Waals surface area contributed by atoms with Crippen LogP contribution < -0.4 is 0 Å². The van der Waals surface area contributed by atoms with Gasteiger partial charge in [-0.2, -0.15) is 0 Å². The fraction of sp³-hybridized carbons (Fsp3) is 0.417. The van der Waals surface area contributed by atoms with Crippen molar-refractivity contribution in [2.45, 2.75) is 20.3 Å². The summed E-state index contributed by atoms with van der Waals surface area (Å²) in [5.41, 5.74) is 1.19. The molecular formula is C12H17N. The van der Waals surface area contributed by atoms with Crippen LogP contribution in [0.25, 0.3) is 0 Å². The average Bonchev–Trinajstić information content (AvgIpc) is 2.14. The van der Waals surface area contributed by atoms with E-state index in [-0.39, 0.29) is 0 Å². The van der Waals surface area contributed by atoms with Gasteiger partial charge in [0.05, 0.1) is 0 Å². The maximum atomic E-state index is 4.36. The molecule has 1 aromatic rings. The normalized spacial score (nSPS) is 11.3. The zero-order chi connectivity index (χ0) is 9.52. The van der Waals surface area contributed by atoms with Gasteiger partial charge in [-0.3, -0.25) is 4.99 Å². The Morgan fingerprint density at radius 3 is 2.54 bits per heavy atom. The first-order valence-corrected chi connectivity index (χ1v) is 4.84. The predicted molar refractivity (Wildman–Crippen MR) is 58.4 cm³/mol. The van der Waals surface area contributed by atoms with E-state index in [2.05, 4.69) is 31.0 Å². The molecule has 0 saturated carbocycles. The molecule has 1 nitrogen and oxygen atoms in total. The molecular weight excluding hydrogens is 158 g/mol. The first-order valence-electron chi connectivity index (χ1n) is 4.84. The van der Waals surface area contributed by atoms with Gasteiger partial charge in [-0.15, -0.1) is 0 Å². The van der Waals surface area contributed by atoms with Crippen LogP contribution in [0.3, 0.4) is 0 Å². The van der Waals surface area contributed by atoms with Gasteiger partial charge >= 0.3 is 0 Å². The zero-order valence-electron chi connectivity index (χ0n) is 8.40. The van der Waals surface area contributed by atoms with E-state index in [0.717, 1.165) is 12.5 Å². The number of rotatable bonds is 4. The van der Waals surface area contributed by atoms with Crippen LogP contribution in [0.1, 0.15) is 25.8 Å². The lowest BCUT2D eigenvalue weighted by atomic mass is 10.1. The Labute approximate surface area is 80.5 Å². The van der Waals surface area contributed by atoms with Gasteiger partial charge in [0.25, 0.3) is 0 Å². The molecule has 0 N–H and O–H groups in total. The monoisotopic (exact) mass is 175 g/mol. The lowest BCUT2D eigenvalue weighted by Gasteiger charge is -1.98. The number of benzene rings is 1. The molecule has 1 heteroatoms. The fourth-order valence-corrected chi connectivity index (χ4v) is 1.04. The summed E-state index contributed by atoms with van der Waals surface area (Å²) in [6.45, 7) is 5.38. The summed E-state index contributed by atoms with van der Waals surface area (Å²) < 4.78 is 0. The summed E-state index contributed by atoms with van der Waals surface area (Å²) in [6.07, 6.45) is 3.12. The Morgan fingerprint density at radius 2 is 1.92 bits per heavy atom. The Balaban J connectivity index is 2.33. The van der Waals surface area contributed by atoms with Crippen molar-refractivity contribution in [3.8, 4) is 0 Å². The molecule has 0 bridgehead atoms. The summed E-state index contributed by atoms with van der Waals surface area (Å²) in [7, 11) is 0. The molecule has 1 aromatic carbocycles. The van der Waals surface area contributed by atoms with Crippen LogP contribution in [0.4, 0.5) is 0 Å². The van der Waals surface area contributed by atoms with E-state index in [1.165, 1.54) is 12.0 Å². The van der Waals surface area contributed by atoms with E-state index in [1.54, 1.807) is 0 Å². The van der Waals surface area contributed by atoms with Gasteiger partial charge in [0.1, 0.15) is 0 Å². The quantitative estimate of drug-likeness (QED) is 0.623. The first-order chi connectivity index (χ1) is 6.29. The van der Waals surface area contributed by atoms with E-state index in [4.69, 9.17) is 0 Å². The highest BCUT2D eigenvalue weighted by atomic mass is 14.7. The Hall–Kier alpha value is -1.11. The first kappa shape index (κ1) is 9.97. The smallest absolute Gasteiger partial charge is 0.0391 e.